The van der Waals surface area contributed by atoms with Crippen molar-refractivity contribution in [3.8, 4) is 22.7 Å². The van der Waals surface area contributed by atoms with E-state index < -0.39 is 0 Å². The largest absolute Gasteiger partial charge is 0.496 e. The van der Waals surface area contributed by atoms with Crippen LogP contribution in [0.3, 0.4) is 0 Å². The molecule has 7 nitrogen and oxygen atoms in total. The molecule has 0 spiro atoms. The van der Waals surface area contributed by atoms with E-state index in [9.17, 15) is 0 Å². The number of benzene rings is 2. The van der Waals surface area contributed by atoms with Crippen LogP contribution in [0.4, 0.5) is 0 Å². The SMILES string of the molecule is COC[C@@H](C)NC(=S)N/N=C\c1cn(-c2ccccc2)nc1-c1ccccc1OC. The number of thiocarbonyl (C=S) groups is 1. The van der Waals surface area contributed by atoms with Crippen LogP contribution in [0.1, 0.15) is 12.5 Å². The molecule has 0 aliphatic heterocycles. The molecule has 0 aliphatic carbocycles. The summed E-state index contributed by atoms with van der Waals surface area (Å²) in [5.74, 6) is 0.740. The molecular formula is C22H25N5O2S. The lowest BCUT2D eigenvalue weighted by Crippen LogP contribution is -2.40. The summed E-state index contributed by atoms with van der Waals surface area (Å²) in [5, 5.41) is 12.6. The molecule has 1 heterocycles. The number of ether oxygens (including phenoxy) is 2. The number of nitrogens with zero attached hydrogens (tertiary/aromatic N) is 3. The Kier molecular flexibility index (Phi) is 7.53. The molecule has 0 bridgehead atoms. The maximum atomic E-state index is 5.53. The smallest absolute Gasteiger partial charge is 0.187 e. The van der Waals surface area contributed by atoms with Crippen molar-refractivity contribution in [2.75, 3.05) is 20.8 Å². The van der Waals surface area contributed by atoms with Gasteiger partial charge in [0, 0.05) is 30.5 Å². The Balaban J connectivity index is 1.88. The fourth-order valence-corrected chi connectivity index (χ4v) is 3.21. The molecule has 0 saturated carbocycles. The van der Waals surface area contributed by atoms with Crippen LogP contribution >= 0.6 is 12.2 Å². The first-order valence-electron chi connectivity index (χ1n) is 9.49. The normalized spacial score (nSPS) is 12.0. The van der Waals surface area contributed by atoms with Crippen LogP contribution < -0.4 is 15.5 Å². The number of methoxy groups -OCH3 is 2. The molecule has 2 N–H and O–H groups in total. The lowest BCUT2D eigenvalue weighted by molar-refractivity contribution is 0.179. The molecule has 156 valence electrons. The molecule has 3 rings (SSSR count). The van der Waals surface area contributed by atoms with Crippen LogP contribution in [0.25, 0.3) is 16.9 Å². The van der Waals surface area contributed by atoms with E-state index in [1.165, 1.54) is 0 Å². The average Bonchev–Trinajstić information content (AvgIpc) is 3.18. The van der Waals surface area contributed by atoms with Gasteiger partial charge in [-0.05, 0) is 43.4 Å². The Bertz CT molecular complexity index is 1000. The van der Waals surface area contributed by atoms with Crippen LogP contribution in [0.5, 0.6) is 5.75 Å². The van der Waals surface area contributed by atoms with E-state index in [1.54, 1.807) is 20.4 Å². The molecule has 1 atom stereocenters. The molecule has 0 aliphatic rings. The fourth-order valence-electron chi connectivity index (χ4n) is 2.95. The maximum absolute atomic E-state index is 5.53. The molecular weight excluding hydrogens is 398 g/mol. The zero-order chi connectivity index (χ0) is 21.3. The van der Waals surface area contributed by atoms with Gasteiger partial charge in [-0.2, -0.15) is 10.2 Å². The van der Waals surface area contributed by atoms with Gasteiger partial charge in [-0.15, -0.1) is 0 Å². The van der Waals surface area contributed by atoms with Crippen molar-refractivity contribution in [1.82, 2.24) is 20.5 Å². The minimum Gasteiger partial charge on any atom is -0.496 e. The standard InChI is InChI=1S/C22H25N5O2S/c1-16(15-28-2)24-22(30)25-23-13-17-14-27(18-9-5-4-6-10-18)26-21(17)19-11-7-8-12-20(19)29-3/h4-14,16H,15H2,1-3H3,(H2,24,25,30)/b23-13-/t16-/m1/s1. The van der Waals surface area contributed by atoms with Crippen LogP contribution in [-0.4, -0.2) is 48.0 Å². The van der Waals surface area contributed by atoms with Gasteiger partial charge in [0.05, 0.1) is 25.6 Å². The highest BCUT2D eigenvalue weighted by Crippen LogP contribution is 2.31. The van der Waals surface area contributed by atoms with Crippen molar-refractivity contribution in [1.29, 1.82) is 0 Å². The number of hydrazone groups is 1. The first-order chi connectivity index (χ1) is 14.6. The molecule has 3 aromatic rings. The number of nitrogens with one attached hydrogen (secondary N) is 2. The summed E-state index contributed by atoms with van der Waals surface area (Å²) >= 11 is 5.28. The van der Waals surface area contributed by atoms with E-state index in [1.807, 2.05) is 72.4 Å². The first-order valence-corrected chi connectivity index (χ1v) is 9.90. The fraction of sp³-hybridized carbons (Fsp3) is 0.227. The highest BCUT2D eigenvalue weighted by atomic mass is 32.1. The van der Waals surface area contributed by atoms with E-state index in [0.29, 0.717) is 11.7 Å². The third kappa shape index (κ3) is 5.43. The minimum absolute atomic E-state index is 0.0789. The van der Waals surface area contributed by atoms with Crippen LogP contribution in [-0.2, 0) is 4.74 Å². The summed E-state index contributed by atoms with van der Waals surface area (Å²) in [5.41, 5.74) is 6.25. The van der Waals surface area contributed by atoms with Gasteiger partial charge < -0.3 is 14.8 Å². The van der Waals surface area contributed by atoms with Gasteiger partial charge in [-0.3, -0.25) is 5.43 Å². The first kappa shape index (κ1) is 21.5. The zero-order valence-corrected chi connectivity index (χ0v) is 18.0. The molecule has 0 saturated heterocycles. The van der Waals surface area contributed by atoms with Gasteiger partial charge in [0.15, 0.2) is 5.11 Å². The zero-order valence-electron chi connectivity index (χ0n) is 17.2. The summed E-state index contributed by atoms with van der Waals surface area (Å²) in [7, 11) is 3.30. The van der Waals surface area contributed by atoms with Gasteiger partial charge in [-0.1, -0.05) is 30.3 Å². The third-order valence-electron chi connectivity index (χ3n) is 4.29. The van der Waals surface area contributed by atoms with E-state index in [2.05, 4.69) is 15.8 Å². The van der Waals surface area contributed by atoms with E-state index in [0.717, 1.165) is 28.3 Å². The molecule has 1 aromatic heterocycles. The molecule has 0 fully saturated rings. The van der Waals surface area contributed by atoms with Crippen molar-refractivity contribution in [3.05, 3.63) is 66.4 Å². The highest BCUT2D eigenvalue weighted by molar-refractivity contribution is 7.80. The second-order valence-electron chi connectivity index (χ2n) is 6.61. The summed E-state index contributed by atoms with van der Waals surface area (Å²) < 4.78 is 12.4. The highest BCUT2D eigenvalue weighted by Gasteiger charge is 2.15. The number of hydrogen-bond acceptors (Lipinski definition) is 5. The summed E-state index contributed by atoms with van der Waals surface area (Å²) in [4.78, 5) is 0. The quantitative estimate of drug-likeness (QED) is 0.329. The summed E-state index contributed by atoms with van der Waals surface area (Å²) in [6.07, 6.45) is 3.62. The lowest BCUT2D eigenvalue weighted by Gasteiger charge is -2.13. The molecule has 0 amide bonds. The minimum atomic E-state index is 0.0789. The Morgan fingerprint density at radius 2 is 1.90 bits per heavy atom. The topological polar surface area (TPSA) is 72.7 Å². The average molecular weight is 424 g/mol. The summed E-state index contributed by atoms with van der Waals surface area (Å²) in [6.45, 7) is 2.53. The van der Waals surface area contributed by atoms with Crippen molar-refractivity contribution >= 4 is 23.5 Å². The second-order valence-corrected chi connectivity index (χ2v) is 7.02. The molecule has 2 aromatic carbocycles. The van der Waals surface area contributed by atoms with Gasteiger partial charge >= 0.3 is 0 Å². The van der Waals surface area contributed by atoms with Crippen LogP contribution in [0.15, 0.2) is 65.9 Å². The number of rotatable bonds is 8. The molecule has 8 heteroatoms. The Labute approximate surface area is 181 Å². The number of hydrogen-bond donors (Lipinski definition) is 2. The van der Waals surface area contributed by atoms with Crippen LogP contribution in [0.2, 0.25) is 0 Å². The molecule has 0 unspecified atom stereocenters. The Morgan fingerprint density at radius 3 is 2.63 bits per heavy atom. The number of para-hydroxylation sites is 2. The predicted molar refractivity (Wildman–Crippen MR) is 123 cm³/mol. The van der Waals surface area contributed by atoms with E-state index >= 15 is 0 Å². The van der Waals surface area contributed by atoms with Crippen molar-refractivity contribution < 1.29 is 9.47 Å². The van der Waals surface area contributed by atoms with E-state index in [4.69, 9.17) is 26.8 Å². The van der Waals surface area contributed by atoms with Crippen molar-refractivity contribution in [2.24, 2.45) is 5.10 Å². The predicted octanol–water partition coefficient (Wildman–Crippen LogP) is 3.38. The lowest BCUT2D eigenvalue weighted by atomic mass is 10.1. The van der Waals surface area contributed by atoms with Crippen molar-refractivity contribution in [3.63, 3.8) is 0 Å². The van der Waals surface area contributed by atoms with Gasteiger partial charge in [0.2, 0.25) is 0 Å². The maximum Gasteiger partial charge on any atom is 0.187 e. The Hall–Kier alpha value is -3.23. The van der Waals surface area contributed by atoms with E-state index in [-0.39, 0.29) is 6.04 Å². The van der Waals surface area contributed by atoms with Gasteiger partial charge in [-0.25, -0.2) is 4.68 Å². The third-order valence-corrected chi connectivity index (χ3v) is 4.50. The molecule has 0 radical (unpaired) electrons. The monoisotopic (exact) mass is 423 g/mol. The second kappa shape index (κ2) is 10.5. The van der Waals surface area contributed by atoms with Gasteiger partial charge in [0.1, 0.15) is 11.4 Å². The Morgan fingerprint density at radius 1 is 1.17 bits per heavy atom. The van der Waals surface area contributed by atoms with Gasteiger partial charge in [0.25, 0.3) is 0 Å². The summed E-state index contributed by atoms with van der Waals surface area (Å²) in [6, 6.07) is 17.7. The van der Waals surface area contributed by atoms with Crippen molar-refractivity contribution in [2.45, 2.75) is 13.0 Å². The number of aromatic nitrogens is 2. The van der Waals surface area contributed by atoms with Crippen LogP contribution in [0, 0.1) is 0 Å². The molecule has 30 heavy (non-hydrogen) atoms.